The molecule has 0 amide bonds. The molecule has 0 fully saturated rings. The van der Waals surface area contributed by atoms with Crippen molar-refractivity contribution in [3.63, 3.8) is 0 Å². The molecule has 0 radical (unpaired) electrons. The van der Waals surface area contributed by atoms with Crippen LogP contribution >= 0.6 is 0 Å². The summed E-state index contributed by atoms with van der Waals surface area (Å²) in [6, 6.07) is 6.93. The van der Waals surface area contributed by atoms with Gasteiger partial charge in [0.25, 0.3) is 0 Å². The van der Waals surface area contributed by atoms with Gasteiger partial charge in [-0.05, 0) is 45.0 Å². The van der Waals surface area contributed by atoms with Gasteiger partial charge in [-0.3, -0.25) is 0 Å². The Morgan fingerprint density at radius 3 is 2.52 bits per heavy atom. The van der Waals surface area contributed by atoms with Crippen LogP contribution in [0.1, 0.15) is 20.8 Å². The number of benzene rings is 1. The molecule has 2 N–H and O–H groups in total. The quantitative estimate of drug-likeness (QED) is 0.828. The Morgan fingerprint density at radius 2 is 1.90 bits per heavy atom. The predicted molar refractivity (Wildman–Crippen MR) is 78.6 cm³/mol. The highest BCUT2D eigenvalue weighted by Gasteiger charge is 2.30. The standard InChI is InChI=1S/C14H17NO5S/c1-9(16)14(2,3)15-21(18,19)11-5-6-12-10(8-11)4-7-13(17)20-12/h4-9,15-16H,1-3H3. The molecular weight excluding hydrogens is 294 g/mol. The van der Waals surface area contributed by atoms with Gasteiger partial charge in [0.05, 0.1) is 16.5 Å². The maximum Gasteiger partial charge on any atom is 0.336 e. The van der Waals surface area contributed by atoms with Crippen molar-refractivity contribution in [3.05, 3.63) is 40.8 Å². The Kier molecular flexibility index (Phi) is 3.92. The molecule has 0 spiro atoms. The van der Waals surface area contributed by atoms with E-state index in [1.807, 2.05) is 0 Å². The first kappa shape index (κ1) is 15.7. The third-order valence-corrected chi connectivity index (χ3v) is 5.01. The summed E-state index contributed by atoms with van der Waals surface area (Å²) < 4.78 is 32.1. The van der Waals surface area contributed by atoms with Gasteiger partial charge >= 0.3 is 5.63 Å². The minimum absolute atomic E-state index is 0.0394. The van der Waals surface area contributed by atoms with Crippen molar-refractivity contribution >= 4 is 21.0 Å². The largest absolute Gasteiger partial charge is 0.423 e. The number of nitrogens with one attached hydrogen (secondary N) is 1. The smallest absolute Gasteiger partial charge is 0.336 e. The Labute approximate surface area is 122 Å². The summed E-state index contributed by atoms with van der Waals surface area (Å²) in [7, 11) is -3.79. The lowest BCUT2D eigenvalue weighted by molar-refractivity contribution is 0.111. The number of hydrogen-bond donors (Lipinski definition) is 2. The molecule has 0 saturated heterocycles. The Hall–Kier alpha value is -1.70. The fraction of sp³-hybridized carbons (Fsp3) is 0.357. The van der Waals surface area contributed by atoms with Crippen LogP contribution in [-0.2, 0) is 10.0 Å². The van der Waals surface area contributed by atoms with Crippen molar-refractivity contribution in [2.45, 2.75) is 37.3 Å². The van der Waals surface area contributed by atoms with E-state index >= 15 is 0 Å². The summed E-state index contributed by atoms with van der Waals surface area (Å²) in [5.41, 5.74) is -1.18. The van der Waals surface area contributed by atoms with E-state index in [9.17, 15) is 18.3 Å². The van der Waals surface area contributed by atoms with E-state index in [4.69, 9.17) is 4.42 Å². The van der Waals surface area contributed by atoms with Crippen molar-refractivity contribution in [2.75, 3.05) is 0 Å². The molecule has 114 valence electrons. The van der Waals surface area contributed by atoms with Gasteiger partial charge in [0.15, 0.2) is 0 Å². The summed E-state index contributed by atoms with van der Waals surface area (Å²) in [5, 5.41) is 10.1. The average Bonchev–Trinajstić information content (AvgIpc) is 2.36. The molecule has 21 heavy (non-hydrogen) atoms. The van der Waals surface area contributed by atoms with Gasteiger partial charge in [0, 0.05) is 11.5 Å². The fourth-order valence-corrected chi connectivity index (χ4v) is 3.22. The molecule has 0 saturated carbocycles. The number of sulfonamides is 1. The molecule has 0 bridgehead atoms. The van der Waals surface area contributed by atoms with Crippen molar-refractivity contribution in [2.24, 2.45) is 0 Å². The van der Waals surface area contributed by atoms with Gasteiger partial charge < -0.3 is 9.52 Å². The highest BCUT2D eigenvalue weighted by molar-refractivity contribution is 7.89. The minimum Gasteiger partial charge on any atom is -0.423 e. The van der Waals surface area contributed by atoms with Crippen LogP contribution in [-0.4, -0.2) is 25.2 Å². The lowest BCUT2D eigenvalue weighted by Crippen LogP contribution is -2.50. The normalized spacial score (nSPS) is 14.3. The molecule has 2 aromatic rings. The van der Waals surface area contributed by atoms with Crippen molar-refractivity contribution in [1.29, 1.82) is 0 Å². The molecule has 6 nitrogen and oxygen atoms in total. The average molecular weight is 311 g/mol. The van der Waals surface area contributed by atoms with Crippen LogP contribution in [0.5, 0.6) is 0 Å². The molecule has 0 aliphatic rings. The molecule has 0 aliphatic heterocycles. The molecular formula is C14H17NO5S. The molecule has 1 unspecified atom stereocenters. The molecule has 1 heterocycles. The summed E-state index contributed by atoms with van der Waals surface area (Å²) in [6.45, 7) is 4.70. The molecule has 1 atom stereocenters. The summed E-state index contributed by atoms with van der Waals surface area (Å²) in [6.07, 6.45) is -0.856. The maximum absolute atomic E-state index is 12.3. The number of aliphatic hydroxyl groups excluding tert-OH is 1. The number of rotatable bonds is 4. The van der Waals surface area contributed by atoms with Gasteiger partial charge in [-0.25, -0.2) is 17.9 Å². The highest BCUT2D eigenvalue weighted by atomic mass is 32.2. The molecule has 0 aliphatic carbocycles. The molecule has 2 rings (SSSR count). The predicted octanol–water partition coefficient (Wildman–Crippen LogP) is 1.23. The highest BCUT2D eigenvalue weighted by Crippen LogP contribution is 2.20. The first-order valence-corrected chi connectivity index (χ1v) is 7.86. The third kappa shape index (κ3) is 3.31. The summed E-state index contributed by atoms with van der Waals surface area (Å²) in [4.78, 5) is 11.1. The van der Waals surface area contributed by atoms with E-state index in [2.05, 4.69) is 4.72 Å². The lowest BCUT2D eigenvalue weighted by Gasteiger charge is -2.28. The first-order chi connectivity index (χ1) is 9.62. The molecule has 1 aromatic carbocycles. The molecule has 7 heteroatoms. The Bertz CT molecular complexity index is 821. The van der Waals surface area contributed by atoms with Crippen LogP contribution in [0.3, 0.4) is 0 Å². The van der Waals surface area contributed by atoms with Gasteiger partial charge in [0.1, 0.15) is 5.58 Å². The fourth-order valence-electron chi connectivity index (χ4n) is 1.71. The lowest BCUT2D eigenvalue weighted by atomic mass is 10.0. The zero-order valence-corrected chi connectivity index (χ0v) is 12.8. The third-order valence-electron chi connectivity index (χ3n) is 3.34. The van der Waals surface area contributed by atoms with Crippen LogP contribution < -0.4 is 10.3 Å². The second-order valence-corrected chi connectivity index (χ2v) is 7.14. The Morgan fingerprint density at radius 1 is 1.24 bits per heavy atom. The number of hydrogen-bond acceptors (Lipinski definition) is 5. The monoisotopic (exact) mass is 311 g/mol. The van der Waals surface area contributed by atoms with Crippen LogP contribution in [0.4, 0.5) is 0 Å². The zero-order valence-electron chi connectivity index (χ0n) is 12.0. The number of fused-ring (bicyclic) bond motifs is 1. The van der Waals surface area contributed by atoms with Crippen LogP contribution in [0.2, 0.25) is 0 Å². The number of aliphatic hydroxyl groups is 1. The second kappa shape index (κ2) is 5.25. The van der Waals surface area contributed by atoms with Crippen molar-refractivity contribution < 1.29 is 17.9 Å². The van der Waals surface area contributed by atoms with Gasteiger partial charge in [-0.15, -0.1) is 0 Å². The van der Waals surface area contributed by atoms with Crippen LogP contribution in [0.15, 0.2) is 44.4 Å². The maximum atomic E-state index is 12.3. The minimum atomic E-state index is -3.79. The van der Waals surface area contributed by atoms with E-state index in [1.165, 1.54) is 37.3 Å². The second-order valence-electron chi connectivity index (χ2n) is 5.46. The van der Waals surface area contributed by atoms with Crippen molar-refractivity contribution in [1.82, 2.24) is 4.72 Å². The van der Waals surface area contributed by atoms with E-state index < -0.39 is 27.3 Å². The zero-order chi connectivity index (χ0) is 15.8. The van der Waals surface area contributed by atoms with Gasteiger partial charge in [0.2, 0.25) is 10.0 Å². The van der Waals surface area contributed by atoms with Gasteiger partial charge in [-0.1, -0.05) is 0 Å². The molecule has 1 aromatic heterocycles. The Balaban J connectivity index is 2.46. The van der Waals surface area contributed by atoms with E-state index in [-0.39, 0.29) is 4.90 Å². The van der Waals surface area contributed by atoms with Crippen molar-refractivity contribution in [3.8, 4) is 0 Å². The van der Waals surface area contributed by atoms with Crippen LogP contribution in [0.25, 0.3) is 11.0 Å². The van der Waals surface area contributed by atoms with Crippen LogP contribution in [0, 0.1) is 0 Å². The topological polar surface area (TPSA) is 96.6 Å². The summed E-state index contributed by atoms with van der Waals surface area (Å²) in [5.74, 6) is 0. The summed E-state index contributed by atoms with van der Waals surface area (Å²) >= 11 is 0. The van der Waals surface area contributed by atoms with E-state index in [0.29, 0.717) is 11.0 Å². The first-order valence-electron chi connectivity index (χ1n) is 6.38. The van der Waals surface area contributed by atoms with E-state index in [0.717, 1.165) is 0 Å². The van der Waals surface area contributed by atoms with E-state index in [1.54, 1.807) is 13.8 Å². The SMILES string of the molecule is CC(O)C(C)(C)NS(=O)(=O)c1ccc2oc(=O)ccc2c1. The van der Waals surface area contributed by atoms with Gasteiger partial charge in [-0.2, -0.15) is 0 Å².